The minimum Gasteiger partial charge on any atom is -0.487 e. The highest BCUT2D eigenvalue weighted by Crippen LogP contribution is 2.32. The fourth-order valence-corrected chi connectivity index (χ4v) is 3.02. The van der Waals surface area contributed by atoms with Crippen molar-refractivity contribution in [3.63, 3.8) is 0 Å². The predicted molar refractivity (Wildman–Crippen MR) is 94.1 cm³/mol. The molecule has 5 heteroatoms. The number of nitrogens with zero attached hydrogens (tertiary/aromatic N) is 1. The zero-order valence-corrected chi connectivity index (χ0v) is 13.6. The minimum absolute atomic E-state index is 0.342. The summed E-state index contributed by atoms with van der Waals surface area (Å²) in [5, 5.41) is 14.9. The van der Waals surface area contributed by atoms with Crippen molar-refractivity contribution in [3.05, 3.63) is 75.8 Å². The van der Waals surface area contributed by atoms with Crippen LogP contribution in [-0.4, -0.2) is 11.4 Å². The lowest BCUT2D eigenvalue weighted by atomic mass is 10.1. The molecule has 0 aromatic heterocycles. The smallest absolute Gasteiger partial charge is 0.147 e. The molecule has 0 saturated heterocycles. The standard InChI is InChI=1S/C18H13Cl2NO2/c19-15-8-14(10-21-22)18(17(20)9-15)23-11-13-6-3-5-12-4-1-2-7-16(12)13/h1-10,22H,11H2/b21-10-. The summed E-state index contributed by atoms with van der Waals surface area (Å²) in [5.74, 6) is 0.432. The quantitative estimate of drug-likeness (QED) is 0.383. The maximum absolute atomic E-state index is 8.78. The molecule has 0 atom stereocenters. The molecule has 0 bridgehead atoms. The molecule has 0 heterocycles. The molecular weight excluding hydrogens is 333 g/mol. The summed E-state index contributed by atoms with van der Waals surface area (Å²) in [6, 6.07) is 17.4. The molecule has 0 radical (unpaired) electrons. The van der Waals surface area contributed by atoms with Crippen LogP contribution in [0.5, 0.6) is 5.75 Å². The lowest BCUT2D eigenvalue weighted by Crippen LogP contribution is -2.00. The van der Waals surface area contributed by atoms with E-state index >= 15 is 0 Å². The number of hydrogen-bond donors (Lipinski definition) is 1. The zero-order chi connectivity index (χ0) is 16.2. The second kappa shape index (κ2) is 6.90. The van der Waals surface area contributed by atoms with Crippen LogP contribution in [-0.2, 0) is 6.61 Å². The molecule has 0 aliphatic rings. The van der Waals surface area contributed by atoms with Crippen LogP contribution in [0.4, 0.5) is 0 Å². The Kier molecular flexibility index (Phi) is 4.70. The second-order valence-corrected chi connectivity index (χ2v) is 5.82. The normalized spacial score (nSPS) is 11.2. The van der Waals surface area contributed by atoms with Crippen molar-refractivity contribution in [2.75, 3.05) is 0 Å². The Balaban J connectivity index is 1.94. The van der Waals surface area contributed by atoms with Gasteiger partial charge in [-0.3, -0.25) is 0 Å². The van der Waals surface area contributed by atoms with E-state index < -0.39 is 0 Å². The Labute approximate surface area is 143 Å². The van der Waals surface area contributed by atoms with Gasteiger partial charge in [0.1, 0.15) is 12.4 Å². The van der Waals surface area contributed by atoms with E-state index in [0.717, 1.165) is 16.3 Å². The number of benzene rings is 3. The van der Waals surface area contributed by atoms with Crippen molar-refractivity contribution in [2.24, 2.45) is 5.16 Å². The van der Waals surface area contributed by atoms with Gasteiger partial charge in [-0.1, -0.05) is 70.8 Å². The van der Waals surface area contributed by atoms with Gasteiger partial charge in [0.25, 0.3) is 0 Å². The van der Waals surface area contributed by atoms with Gasteiger partial charge in [-0.25, -0.2) is 0 Å². The topological polar surface area (TPSA) is 41.8 Å². The molecule has 23 heavy (non-hydrogen) atoms. The number of hydrogen-bond acceptors (Lipinski definition) is 3. The maximum atomic E-state index is 8.78. The second-order valence-electron chi connectivity index (χ2n) is 4.98. The van der Waals surface area contributed by atoms with E-state index in [4.69, 9.17) is 33.1 Å². The lowest BCUT2D eigenvalue weighted by molar-refractivity contribution is 0.305. The molecule has 0 amide bonds. The van der Waals surface area contributed by atoms with E-state index in [1.807, 2.05) is 30.3 Å². The van der Waals surface area contributed by atoms with E-state index in [0.29, 0.717) is 28.0 Å². The van der Waals surface area contributed by atoms with Crippen LogP contribution in [0.25, 0.3) is 10.8 Å². The van der Waals surface area contributed by atoms with Crippen LogP contribution in [0.2, 0.25) is 10.0 Å². The first-order valence-corrected chi connectivity index (χ1v) is 7.70. The minimum atomic E-state index is 0.342. The monoisotopic (exact) mass is 345 g/mol. The molecule has 3 rings (SSSR count). The van der Waals surface area contributed by atoms with E-state index in [2.05, 4.69) is 17.3 Å². The fourth-order valence-electron chi connectivity index (χ4n) is 2.46. The van der Waals surface area contributed by atoms with Gasteiger partial charge in [-0.15, -0.1) is 0 Å². The molecule has 1 N–H and O–H groups in total. The van der Waals surface area contributed by atoms with E-state index in [9.17, 15) is 0 Å². The SMILES string of the molecule is O/N=C\c1cc(Cl)cc(Cl)c1OCc1cccc2ccccc12. The van der Waals surface area contributed by atoms with Gasteiger partial charge >= 0.3 is 0 Å². The van der Waals surface area contributed by atoms with Crippen LogP contribution < -0.4 is 4.74 Å². The first-order chi connectivity index (χ1) is 11.2. The van der Waals surface area contributed by atoms with Crippen molar-refractivity contribution in [1.29, 1.82) is 0 Å². The van der Waals surface area contributed by atoms with Crippen molar-refractivity contribution in [1.82, 2.24) is 0 Å². The van der Waals surface area contributed by atoms with Crippen LogP contribution in [0.3, 0.4) is 0 Å². The average Bonchev–Trinajstić information content (AvgIpc) is 2.54. The van der Waals surface area contributed by atoms with Gasteiger partial charge in [0.2, 0.25) is 0 Å². The zero-order valence-electron chi connectivity index (χ0n) is 12.0. The van der Waals surface area contributed by atoms with Crippen molar-refractivity contribution in [3.8, 4) is 5.75 Å². The highest BCUT2D eigenvalue weighted by Gasteiger charge is 2.11. The molecule has 3 nitrogen and oxygen atoms in total. The Hall–Kier alpha value is -2.23. The molecule has 116 valence electrons. The first kappa shape index (κ1) is 15.7. The van der Waals surface area contributed by atoms with Gasteiger partial charge in [-0.2, -0.15) is 0 Å². The molecule has 0 aliphatic carbocycles. The number of oxime groups is 1. The maximum Gasteiger partial charge on any atom is 0.147 e. The largest absolute Gasteiger partial charge is 0.487 e. The number of fused-ring (bicyclic) bond motifs is 1. The molecule has 3 aromatic rings. The Morgan fingerprint density at radius 2 is 1.83 bits per heavy atom. The summed E-state index contributed by atoms with van der Waals surface area (Å²) in [5.41, 5.74) is 1.56. The summed E-state index contributed by atoms with van der Waals surface area (Å²) in [4.78, 5) is 0. The van der Waals surface area contributed by atoms with Crippen molar-refractivity contribution < 1.29 is 9.94 Å². The molecule has 0 fully saturated rings. The van der Waals surface area contributed by atoms with Crippen molar-refractivity contribution >= 4 is 40.2 Å². The van der Waals surface area contributed by atoms with Crippen LogP contribution in [0, 0.1) is 0 Å². The number of halogens is 2. The average molecular weight is 346 g/mol. The molecule has 0 unspecified atom stereocenters. The van der Waals surface area contributed by atoms with Crippen LogP contribution in [0.1, 0.15) is 11.1 Å². The predicted octanol–water partition coefficient (Wildman–Crippen LogP) is 5.53. The fraction of sp³-hybridized carbons (Fsp3) is 0.0556. The van der Waals surface area contributed by atoms with Crippen molar-refractivity contribution in [2.45, 2.75) is 6.61 Å². The van der Waals surface area contributed by atoms with Crippen LogP contribution >= 0.6 is 23.2 Å². The highest BCUT2D eigenvalue weighted by molar-refractivity contribution is 6.36. The summed E-state index contributed by atoms with van der Waals surface area (Å²) in [6.07, 6.45) is 1.25. The van der Waals surface area contributed by atoms with Crippen LogP contribution in [0.15, 0.2) is 59.8 Å². The van der Waals surface area contributed by atoms with E-state index in [1.165, 1.54) is 6.21 Å². The molecular formula is C18H13Cl2NO2. The summed E-state index contributed by atoms with van der Waals surface area (Å²) in [7, 11) is 0. The third-order valence-corrected chi connectivity index (χ3v) is 3.98. The number of ether oxygens (including phenoxy) is 1. The highest BCUT2D eigenvalue weighted by atomic mass is 35.5. The van der Waals surface area contributed by atoms with Gasteiger partial charge in [-0.05, 0) is 28.5 Å². The summed E-state index contributed by atoms with van der Waals surface area (Å²) < 4.78 is 5.88. The Bertz CT molecular complexity index is 873. The third kappa shape index (κ3) is 3.41. The first-order valence-electron chi connectivity index (χ1n) is 6.95. The number of rotatable bonds is 4. The van der Waals surface area contributed by atoms with E-state index in [-0.39, 0.29) is 0 Å². The molecule has 3 aromatic carbocycles. The summed E-state index contributed by atoms with van der Waals surface area (Å²) in [6.45, 7) is 0.342. The summed E-state index contributed by atoms with van der Waals surface area (Å²) >= 11 is 12.2. The lowest BCUT2D eigenvalue weighted by Gasteiger charge is -2.13. The van der Waals surface area contributed by atoms with E-state index in [1.54, 1.807) is 12.1 Å². The third-order valence-electron chi connectivity index (χ3n) is 3.49. The van der Waals surface area contributed by atoms with Gasteiger partial charge in [0.15, 0.2) is 0 Å². The van der Waals surface area contributed by atoms with Gasteiger partial charge in [0, 0.05) is 10.6 Å². The van der Waals surface area contributed by atoms with Gasteiger partial charge in [0.05, 0.1) is 11.2 Å². The van der Waals surface area contributed by atoms with Gasteiger partial charge < -0.3 is 9.94 Å². The molecule has 0 saturated carbocycles. The molecule has 0 aliphatic heterocycles. The molecule has 0 spiro atoms. The Morgan fingerprint density at radius 1 is 1.04 bits per heavy atom. The Morgan fingerprint density at radius 3 is 2.65 bits per heavy atom.